The summed E-state index contributed by atoms with van der Waals surface area (Å²) in [5.41, 5.74) is 1.07. The van der Waals surface area contributed by atoms with Crippen molar-refractivity contribution in [3.05, 3.63) is 11.6 Å². The van der Waals surface area contributed by atoms with E-state index in [9.17, 15) is 5.11 Å². The van der Waals surface area contributed by atoms with Crippen LogP contribution in [-0.4, -0.2) is 30.2 Å². The van der Waals surface area contributed by atoms with Crippen LogP contribution in [-0.2, 0) is 9.47 Å². The minimum Gasteiger partial charge on any atom is -0.384 e. The van der Waals surface area contributed by atoms with Crippen LogP contribution < -0.4 is 0 Å². The molecule has 0 saturated carbocycles. The Hall–Kier alpha value is -0.380. The third-order valence-electron chi connectivity index (χ3n) is 1.93. The molecule has 0 spiro atoms. The van der Waals surface area contributed by atoms with E-state index in [-0.39, 0.29) is 6.10 Å². The van der Waals surface area contributed by atoms with Gasteiger partial charge in [-0.2, -0.15) is 0 Å². The van der Waals surface area contributed by atoms with Gasteiger partial charge in [0.1, 0.15) is 12.2 Å². The van der Waals surface area contributed by atoms with Crippen molar-refractivity contribution in [1.29, 1.82) is 0 Å². The number of ether oxygens (including phenoxy) is 2. The molecule has 0 unspecified atom stereocenters. The number of hydrogen-bond acceptors (Lipinski definition) is 3. The van der Waals surface area contributed by atoms with Gasteiger partial charge in [0.25, 0.3) is 0 Å². The summed E-state index contributed by atoms with van der Waals surface area (Å²) >= 11 is 0. The van der Waals surface area contributed by atoms with E-state index in [1.54, 1.807) is 6.08 Å². The van der Waals surface area contributed by atoms with Crippen molar-refractivity contribution < 1.29 is 14.6 Å². The van der Waals surface area contributed by atoms with E-state index in [1.807, 2.05) is 6.92 Å². The molecule has 0 amide bonds. The SMILES string of the molecule is CC1=C[C@H](O)[C@@H]2OC[C@H]1O2. The van der Waals surface area contributed by atoms with Gasteiger partial charge in [-0.15, -0.1) is 0 Å². The van der Waals surface area contributed by atoms with Crippen LogP contribution in [0, 0.1) is 0 Å². The van der Waals surface area contributed by atoms with Crippen molar-refractivity contribution in [3.63, 3.8) is 0 Å². The molecule has 56 valence electrons. The molecule has 1 fully saturated rings. The standard InChI is InChI=1S/C7H10O3/c1-4-2-5(8)7-9-3-6(4)10-7/h2,5-8H,3H2,1H3/t5-,6+,7+/m0/s1. The lowest BCUT2D eigenvalue weighted by molar-refractivity contribution is -0.117. The normalized spacial score (nSPS) is 45.4. The largest absolute Gasteiger partial charge is 0.384 e. The van der Waals surface area contributed by atoms with Gasteiger partial charge in [0.05, 0.1) is 6.61 Å². The summed E-state index contributed by atoms with van der Waals surface area (Å²) in [6, 6.07) is 0. The molecular weight excluding hydrogens is 132 g/mol. The molecule has 0 aromatic carbocycles. The maximum atomic E-state index is 9.24. The second-order valence-electron chi connectivity index (χ2n) is 2.73. The zero-order valence-electron chi connectivity index (χ0n) is 5.78. The Labute approximate surface area is 59.2 Å². The van der Waals surface area contributed by atoms with Crippen LogP contribution in [0.2, 0.25) is 0 Å². The zero-order chi connectivity index (χ0) is 7.14. The number of rotatable bonds is 0. The lowest BCUT2D eigenvalue weighted by Gasteiger charge is -2.20. The maximum Gasteiger partial charge on any atom is 0.188 e. The molecule has 0 aliphatic carbocycles. The molecule has 2 heterocycles. The predicted octanol–water partition coefficient (Wildman–Crippen LogP) is 0.0487. The Morgan fingerprint density at radius 1 is 1.70 bits per heavy atom. The van der Waals surface area contributed by atoms with E-state index < -0.39 is 12.4 Å². The van der Waals surface area contributed by atoms with Gasteiger partial charge < -0.3 is 14.6 Å². The van der Waals surface area contributed by atoms with Crippen LogP contribution in [0.25, 0.3) is 0 Å². The van der Waals surface area contributed by atoms with Crippen LogP contribution in [0.15, 0.2) is 11.6 Å². The molecule has 2 rings (SSSR count). The Bertz CT molecular complexity index is 176. The first-order valence-corrected chi connectivity index (χ1v) is 3.41. The quantitative estimate of drug-likeness (QED) is 0.486. The summed E-state index contributed by atoms with van der Waals surface area (Å²) in [7, 11) is 0. The fraction of sp³-hybridized carbons (Fsp3) is 0.714. The van der Waals surface area contributed by atoms with E-state index in [4.69, 9.17) is 9.47 Å². The van der Waals surface area contributed by atoms with E-state index in [0.29, 0.717) is 6.61 Å². The van der Waals surface area contributed by atoms with Crippen molar-refractivity contribution in [2.75, 3.05) is 6.61 Å². The lowest BCUT2D eigenvalue weighted by Crippen LogP contribution is -2.30. The smallest absolute Gasteiger partial charge is 0.188 e. The summed E-state index contributed by atoms with van der Waals surface area (Å²) in [6.07, 6.45) is 0.909. The molecule has 2 aliphatic heterocycles. The summed E-state index contributed by atoms with van der Waals surface area (Å²) in [4.78, 5) is 0. The van der Waals surface area contributed by atoms with Crippen molar-refractivity contribution in [1.82, 2.24) is 0 Å². The average Bonchev–Trinajstić information content (AvgIpc) is 2.28. The molecule has 10 heavy (non-hydrogen) atoms. The molecular formula is C7H10O3. The minimum absolute atomic E-state index is 0.0911. The van der Waals surface area contributed by atoms with E-state index in [1.165, 1.54) is 0 Å². The van der Waals surface area contributed by atoms with Gasteiger partial charge in [-0.25, -0.2) is 0 Å². The molecule has 2 bridgehead atoms. The van der Waals surface area contributed by atoms with Gasteiger partial charge >= 0.3 is 0 Å². The third kappa shape index (κ3) is 0.785. The minimum atomic E-state index is -0.571. The van der Waals surface area contributed by atoms with E-state index >= 15 is 0 Å². The summed E-state index contributed by atoms with van der Waals surface area (Å²) in [6.45, 7) is 2.53. The molecule has 0 aromatic heterocycles. The average molecular weight is 142 g/mol. The predicted molar refractivity (Wildman–Crippen MR) is 34.4 cm³/mol. The first kappa shape index (κ1) is 6.34. The fourth-order valence-electron chi connectivity index (χ4n) is 1.30. The highest BCUT2D eigenvalue weighted by atomic mass is 16.7. The Balaban J connectivity index is 2.25. The molecule has 3 atom stereocenters. The van der Waals surface area contributed by atoms with Crippen molar-refractivity contribution in [2.24, 2.45) is 0 Å². The van der Waals surface area contributed by atoms with Crippen LogP contribution in [0.3, 0.4) is 0 Å². The zero-order valence-corrected chi connectivity index (χ0v) is 5.78. The molecule has 1 N–H and O–H groups in total. The summed E-state index contributed by atoms with van der Waals surface area (Å²) in [5.74, 6) is 0. The summed E-state index contributed by atoms with van der Waals surface area (Å²) in [5, 5.41) is 9.24. The molecule has 0 aromatic rings. The maximum absolute atomic E-state index is 9.24. The van der Waals surface area contributed by atoms with Crippen LogP contribution in [0.1, 0.15) is 6.92 Å². The van der Waals surface area contributed by atoms with Crippen molar-refractivity contribution in [3.8, 4) is 0 Å². The van der Waals surface area contributed by atoms with Gasteiger partial charge in [0.2, 0.25) is 0 Å². The molecule has 1 saturated heterocycles. The van der Waals surface area contributed by atoms with E-state index in [0.717, 1.165) is 5.57 Å². The monoisotopic (exact) mass is 142 g/mol. The first-order chi connectivity index (χ1) is 4.77. The van der Waals surface area contributed by atoms with Gasteiger partial charge in [-0.3, -0.25) is 0 Å². The van der Waals surface area contributed by atoms with Crippen molar-refractivity contribution >= 4 is 0 Å². The van der Waals surface area contributed by atoms with Gasteiger partial charge in [-0.05, 0) is 18.6 Å². The highest BCUT2D eigenvalue weighted by molar-refractivity contribution is 5.14. The van der Waals surface area contributed by atoms with Crippen LogP contribution >= 0.6 is 0 Å². The van der Waals surface area contributed by atoms with Crippen LogP contribution in [0.5, 0.6) is 0 Å². The molecule has 2 aliphatic rings. The highest BCUT2D eigenvalue weighted by Gasteiger charge is 2.35. The third-order valence-corrected chi connectivity index (χ3v) is 1.93. The second kappa shape index (κ2) is 2.05. The summed E-state index contributed by atoms with van der Waals surface area (Å²) < 4.78 is 10.4. The molecule has 3 heteroatoms. The first-order valence-electron chi connectivity index (χ1n) is 3.41. The lowest BCUT2D eigenvalue weighted by atomic mass is 10.1. The second-order valence-corrected chi connectivity index (χ2v) is 2.73. The van der Waals surface area contributed by atoms with Gasteiger partial charge in [0.15, 0.2) is 6.29 Å². The van der Waals surface area contributed by atoms with Crippen molar-refractivity contribution in [2.45, 2.75) is 25.4 Å². The molecule has 3 nitrogen and oxygen atoms in total. The van der Waals surface area contributed by atoms with Gasteiger partial charge in [0, 0.05) is 0 Å². The van der Waals surface area contributed by atoms with E-state index in [2.05, 4.69) is 0 Å². The number of hydrogen-bond donors (Lipinski definition) is 1. The highest BCUT2D eigenvalue weighted by Crippen LogP contribution is 2.26. The number of aliphatic hydroxyl groups excluding tert-OH is 1. The Kier molecular flexibility index (Phi) is 1.30. The van der Waals surface area contributed by atoms with Gasteiger partial charge in [-0.1, -0.05) is 0 Å². The molecule has 0 radical (unpaired) electrons. The number of aliphatic hydroxyl groups is 1. The Morgan fingerprint density at radius 2 is 2.50 bits per heavy atom. The topological polar surface area (TPSA) is 38.7 Å². The number of fused-ring (bicyclic) bond motifs is 2. The van der Waals surface area contributed by atoms with Crippen LogP contribution in [0.4, 0.5) is 0 Å². The Morgan fingerprint density at radius 3 is 3.30 bits per heavy atom. The fourth-order valence-corrected chi connectivity index (χ4v) is 1.30.